The van der Waals surface area contributed by atoms with Crippen LogP contribution in [-0.4, -0.2) is 19.9 Å². The van der Waals surface area contributed by atoms with Crippen molar-refractivity contribution < 1.29 is 13.4 Å². The van der Waals surface area contributed by atoms with E-state index in [4.69, 9.17) is 0 Å². The first-order valence-electron chi connectivity index (χ1n) is 8.15. The second kappa shape index (κ2) is 6.84. The van der Waals surface area contributed by atoms with E-state index in [1.54, 1.807) is 16.8 Å². The molecule has 1 N–H and O–H groups in total. The van der Waals surface area contributed by atoms with Gasteiger partial charge in [0.25, 0.3) is 0 Å². The molecule has 0 fully saturated rings. The molecule has 5 nitrogen and oxygen atoms in total. The molecule has 0 spiro atoms. The van der Waals surface area contributed by atoms with Gasteiger partial charge in [-0.15, -0.1) is 0 Å². The summed E-state index contributed by atoms with van der Waals surface area (Å²) in [7, 11) is -0.987. The number of carbonyl (C=O) groups excluding carboxylic acids is 1. The highest BCUT2D eigenvalue weighted by Crippen LogP contribution is 2.31. The lowest BCUT2D eigenvalue weighted by atomic mass is 10.1. The fourth-order valence-corrected chi connectivity index (χ4v) is 4.24. The van der Waals surface area contributed by atoms with Crippen molar-refractivity contribution in [2.24, 2.45) is 0 Å². The van der Waals surface area contributed by atoms with Gasteiger partial charge in [-0.25, -0.2) is 9.07 Å². The Labute approximate surface area is 152 Å². The average molecular weight is 369 g/mol. The van der Waals surface area contributed by atoms with Crippen LogP contribution in [0.2, 0.25) is 0 Å². The lowest BCUT2D eigenvalue weighted by Gasteiger charge is -2.11. The number of amides is 1. The summed E-state index contributed by atoms with van der Waals surface area (Å²) in [6.07, 6.45) is 0.123. The first-order valence-corrected chi connectivity index (χ1v) is 9.64. The molecule has 26 heavy (non-hydrogen) atoms. The number of fused-ring (bicyclic) bond motifs is 1. The van der Waals surface area contributed by atoms with Crippen molar-refractivity contribution in [3.63, 3.8) is 0 Å². The molecule has 0 aliphatic carbocycles. The van der Waals surface area contributed by atoms with Crippen LogP contribution < -0.4 is 5.32 Å². The van der Waals surface area contributed by atoms with Gasteiger partial charge in [0.1, 0.15) is 11.6 Å². The Morgan fingerprint density at radius 3 is 2.58 bits per heavy atom. The van der Waals surface area contributed by atoms with Gasteiger partial charge in [-0.3, -0.25) is 9.00 Å². The maximum atomic E-state index is 13.0. The number of nitrogens with one attached hydrogen (secondary N) is 1. The summed E-state index contributed by atoms with van der Waals surface area (Å²) in [5, 5.41) is 7.45. The van der Waals surface area contributed by atoms with Crippen molar-refractivity contribution in [3.05, 3.63) is 77.2 Å². The Morgan fingerprint density at radius 2 is 1.85 bits per heavy atom. The number of hydrogen-bond donors (Lipinski definition) is 1. The quantitative estimate of drug-likeness (QED) is 0.769. The smallest absolute Gasteiger partial charge is 0.229 e. The number of benzene rings is 2. The molecule has 4 rings (SSSR count). The van der Waals surface area contributed by atoms with E-state index in [0.717, 1.165) is 22.5 Å². The van der Waals surface area contributed by atoms with Gasteiger partial charge in [0.2, 0.25) is 5.91 Å². The predicted octanol–water partition coefficient (Wildman–Crippen LogP) is 2.95. The molecule has 0 radical (unpaired) electrons. The van der Waals surface area contributed by atoms with E-state index in [2.05, 4.69) is 10.4 Å². The summed E-state index contributed by atoms with van der Waals surface area (Å²) in [6, 6.07) is 15.3. The summed E-state index contributed by atoms with van der Waals surface area (Å²) < 4.78 is 26.6. The topological polar surface area (TPSA) is 64.0 Å². The fourth-order valence-electron chi connectivity index (χ4n) is 2.98. The number of carbonyl (C=O) groups is 1. The van der Waals surface area contributed by atoms with Crippen molar-refractivity contribution in [2.45, 2.75) is 17.9 Å². The van der Waals surface area contributed by atoms with Crippen LogP contribution in [0.1, 0.15) is 16.8 Å². The van der Waals surface area contributed by atoms with Gasteiger partial charge in [0.05, 0.1) is 29.3 Å². The van der Waals surface area contributed by atoms with Crippen LogP contribution in [0.4, 0.5) is 10.2 Å². The zero-order valence-corrected chi connectivity index (χ0v) is 14.6. The van der Waals surface area contributed by atoms with Crippen LogP contribution in [0.3, 0.4) is 0 Å². The van der Waals surface area contributed by atoms with Gasteiger partial charge in [0, 0.05) is 16.4 Å². The number of halogens is 1. The number of rotatable bonds is 4. The normalized spacial score (nSPS) is 15.7. The molecule has 1 aromatic heterocycles. The minimum absolute atomic E-state index is 0.123. The Bertz CT molecular complexity index is 984. The zero-order chi connectivity index (χ0) is 18.1. The Kier molecular flexibility index (Phi) is 4.38. The monoisotopic (exact) mass is 369 g/mol. The molecular formula is C19H16FN3O2S. The van der Waals surface area contributed by atoms with Crippen molar-refractivity contribution in [3.8, 4) is 5.69 Å². The molecule has 1 aliphatic heterocycles. The molecule has 1 unspecified atom stereocenters. The largest absolute Gasteiger partial charge is 0.310 e. The van der Waals surface area contributed by atoms with Gasteiger partial charge in [-0.05, 0) is 29.8 Å². The predicted molar refractivity (Wildman–Crippen MR) is 97.8 cm³/mol. The van der Waals surface area contributed by atoms with Gasteiger partial charge >= 0.3 is 0 Å². The number of para-hydroxylation sites is 1. The van der Waals surface area contributed by atoms with Crippen LogP contribution in [0, 0.1) is 5.82 Å². The molecule has 1 atom stereocenters. The molecule has 2 heterocycles. The third-order valence-corrected chi connectivity index (χ3v) is 5.41. The molecular weight excluding hydrogens is 353 g/mol. The third kappa shape index (κ3) is 3.30. The second-order valence-electron chi connectivity index (χ2n) is 6.10. The van der Waals surface area contributed by atoms with Crippen molar-refractivity contribution in [1.29, 1.82) is 0 Å². The zero-order valence-electron chi connectivity index (χ0n) is 13.8. The first kappa shape index (κ1) is 16.7. The first-order chi connectivity index (χ1) is 12.6. The van der Waals surface area contributed by atoms with Crippen LogP contribution in [-0.2, 0) is 33.5 Å². The maximum absolute atomic E-state index is 13.0. The molecule has 132 valence electrons. The van der Waals surface area contributed by atoms with E-state index in [1.807, 2.05) is 30.3 Å². The average Bonchev–Trinajstić information content (AvgIpc) is 3.15. The van der Waals surface area contributed by atoms with Gasteiger partial charge < -0.3 is 5.32 Å². The van der Waals surface area contributed by atoms with E-state index in [9.17, 15) is 13.4 Å². The van der Waals surface area contributed by atoms with Crippen molar-refractivity contribution in [1.82, 2.24) is 9.78 Å². The van der Waals surface area contributed by atoms with Crippen LogP contribution in [0.5, 0.6) is 0 Å². The lowest BCUT2D eigenvalue weighted by Crippen LogP contribution is -2.18. The summed E-state index contributed by atoms with van der Waals surface area (Å²) in [5.41, 5.74) is 3.11. The number of nitrogens with zero attached hydrogens (tertiary/aromatic N) is 2. The maximum Gasteiger partial charge on any atom is 0.229 e. The molecule has 0 saturated carbocycles. The lowest BCUT2D eigenvalue weighted by molar-refractivity contribution is -0.115. The van der Waals surface area contributed by atoms with E-state index >= 15 is 0 Å². The van der Waals surface area contributed by atoms with E-state index in [1.165, 1.54) is 12.1 Å². The Balaban J connectivity index is 1.63. The Morgan fingerprint density at radius 1 is 1.12 bits per heavy atom. The van der Waals surface area contributed by atoms with Gasteiger partial charge in [-0.1, -0.05) is 30.3 Å². The van der Waals surface area contributed by atoms with Crippen LogP contribution in [0.15, 0.2) is 54.6 Å². The van der Waals surface area contributed by atoms with Crippen molar-refractivity contribution >= 4 is 22.5 Å². The number of hydrogen-bond acceptors (Lipinski definition) is 3. The van der Waals surface area contributed by atoms with E-state index in [0.29, 0.717) is 17.3 Å². The van der Waals surface area contributed by atoms with Crippen molar-refractivity contribution in [2.75, 3.05) is 5.32 Å². The van der Waals surface area contributed by atoms with Gasteiger partial charge in [0.15, 0.2) is 0 Å². The van der Waals surface area contributed by atoms with E-state index < -0.39 is 10.8 Å². The van der Waals surface area contributed by atoms with E-state index in [-0.39, 0.29) is 18.1 Å². The van der Waals surface area contributed by atoms with Gasteiger partial charge in [-0.2, -0.15) is 5.10 Å². The van der Waals surface area contributed by atoms with Crippen LogP contribution in [0.25, 0.3) is 5.69 Å². The highest BCUT2D eigenvalue weighted by Gasteiger charge is 2.28. The summed E-state index contributed by atoms with van der Waals surface area (Å²) >= 11 is 0. The SMILES string of the molecule is O=C(Cc1ccc(F)cc1)Nc1c2c(nn1-c1ccccc1)CS(=O)C2. The fraction of sp³-hybridized carbons (Fsp3) is 0.158. The molecule has 1 aliphatic rings. The minimum Gasteiger partial charge on any atom is -0.310 e. The minimum atomic E-state index is -0.987. The number of aromatic nitrogens is 2. The molecule has 0 bridgehead atoms. The second-order valence-corrected chi connectivity index (χ2v) is 7.56. The molecule has 2 aromatic carbocycles. The molecule has 0 saturated heterocycles. The summed E-state index contributed by atoms with van der Waals surface area (Å²) in [4.78, 5) is 12.5. The standard InChI is InChI=1S/C19H16FN3O2S/c20-14-8-6-13(7-9-14)10-18(24)21-19-16-11-26(25)12-17(16)22-23(19)15-4-2-1-3-5-15/h1-9H,10-12H2,(H,21,24). The highest BCUT2D eigenvalue weighted by atomic mass is 32.2. The summed E-state index contributed by atoms with van der Waals surface area (Å²) in [5.74, 6) is 0.777. The molecule has 7 heteroatoms. The third-order valence-electron chi connectivity index (χ3n) is 4.21. The Hall–Kier alpha value is -2.80. The number of anilines is 1. The van der Waals surface area contributed by atoms with Crippen LogP contribution >= 0.6 is 0 Å². The molecule has 3 aromatic rings. The summed E-state index contributed by atoms with van der Waals surface area (Å²) in [6.45, 7) is 0. The highest BCUT2D eigenvalue weighted by molar-refractivity contribution is 7.83. The molecule has 1 amide bonds.